The fraction of sp³-hybridized carbons (Fsp3) is 0.400. The number of ether oxygens (including phenoxy) is 2. The molecule has 1 atom stereocenters. The first-order chi connectivity index (χ1) is 11.4. The van der Waals surface area contributed by atoms with Crippen LogP contribution in [0.2, 0.25) is 5.15 Å². The third-order valence-corrected chi connectivity index (χ3v) is 4.27. The largest absolute Gasteiger partial charge is 0.469 e. The molecule has 7 nitrogen and oxygen atoms in total. The van der Waals surface area contributed by atoms with Crippen molar-refractivity contribution in [1.82, 2.24) is 10.2 Å². The number of aliphatic hydroxyl groups is 1. The van der Waals surface area contributed by atoms with Crippen molar-refractivity contribution < 1.29 is 24.2 Å². The van der Waals surface area contributed by atoms with Gasteiger partial charge in [0.05, 0.1) is 38.7 Å². The van der Waals surface area contributed by atoms with Gasteiger partial charge in [-0.05, 0) is 17.5 Å². The Morgan fingerprint density at radius 3 is 2.71 bits per heavy atom. The van der Waals surface area contributed by atoms with Crippen LogP contribution in [0.4, 0.5) is 0 Å². The van der Waals surface area contributed by atoms with E-state index in [0.29, 0.717) is 16.5 Å². The molecule has 0 unspecified atom stereocenters. The third kappa shape index (κ3) is 3.54. The molecule has 0 aliphatic rings. The zero-order valence-electron chi connectivity index (χ0n) is 13.7. The maximum atomic E-state index is 12.0. The second-order valence-corrected chi connectivity index (χ2v) is 5.82. The Kier molecular flexibility index (Phi) is 5.85. The Labute approximate surface area is 144 Å². The summed E-state index contributed by atoms with van der Waals surface area (Å²) in [4.78, 5) is 23.6. The number of methoxy groups -OCH3 is 2. The average molecular weight is 353 g/mol. The number of hydrogen-bond donors (Lipinski definition) is 2. The summed E-state index contributed by atoms with van der Waals surface area (Å²) in [5, 5.41) is 17.4. The van der Waals surface area contributed by atoms with E-state index in [-0.39, 0.29) is 24.6 Å². The smallest absolute Gasteiger partial charge is 0.309 e. The maximum absolute atomic E-state index is 12.0. The normalized spacial score (nSPS) is 12.2. The number of aliphatic hydroxyl groups excluding tert-OH is 1. The molecule has 9 heteroatoms. The summed E-state index contributed by atoms with van der Waals surface area (Å²) in [5.74, 6) is -1.73. The second-order valence-electron chi connectivity index (χ2n) is 5.46. The highest BCUT2D eigenvalue weighted by Gasteiger charge is 2.26. The number of fused-ring (bicyclic) bond motifs is 1. The Bertz CT molecular complexity index is 777. The molecule has 1 aromatic heterocycles. The van der Waals surface area contributed by atoms with Crippen LogP contribution < -0.4 is 5.46 Å². The Morgan fingerprint density at radius 1 is 1.42 bits per heavy atom. The Balaban J connectivity index is 2.47. The van der Waals surface area contributed by atoms with E-state index in [1.807, 2.05) is 13.9 Å². The average Bonchev–Trinajstić information content (AvgIpc) is 2.96. The van der Waals surface area contributed by atoms with Crippen LogP contribution in [-0.2, 0) is 32.1 Å². The molecule has 0 amide bonds. The molecule has 0 bridgehead atoms. The molecule has 1 aromatic carbocycles. The minimum absolute atomic E-state index is 0.107. The van der Waals surface area contributed by atoms with Gasteiger partial charge in [0, 0.05) is 5.39 Å². The van der Waals surface area contributed by atoms with Crippen molar-refractivity contribution in [3.05, 3.63) is 22.3 Å². The summed E-state index contributed by atoms with van der Waals surface area (Å²) in [6.07, 6.45) is 0.111. The van der Waals surface area contributed by atoms with Crippen molar-refractivity contribution in [3.8, 4) is 0 Å². The van der Waals surface area contributed by atoms with E-state index >= 15 is 0 Å². The van der Waals surface area contributed by atoms with E-state index in [1.165, 1.54) is 14.2 Å². The molecule has 0 aliphatic heterocycles. The van der Waals surface area contributed by atoms with Gasteiger partial charge in [0.2, 0.25) is 0 Å². The van der Waals surface area contributed by atoms with Crippen LogP contribution in [0, 0.1) is 5.92 Å². The summed E-state index contributed by atoms with van der Waals surface area (Å²) in [5.41, 5.74) is 2.90. The highest BCUT2D eigenvalue weighted by Crippen LogP contribution is 2.28. The number of carbonyl (C=O) groups is 2. The van der Waals surface area contributed by atoms with Crippen LogP contribution >= 0.6 is 11.6 Å². The number of aromatic amines is 1. The molecule has 128 valence electrons. The lowest BCUT2D eigenvalue weighted by molar-refractivity contribution is -0.152. The number of nitrogens with one attached hydrogen (secondary N) is 1. The lowest BCUT2D eigenvalue weighted by atomic mass is 9.85. The van der Waals surface area contributed by atoms with Crippen LogP contribution in [0.1, 0.15) is 17.5 Å². The fourth-order valence-corrected chi connectivity index (χ4v) is 3.03. The van der Waals surface area contributed by atoms with Gasteiger partial charge in [-0.1, -0.05) is 23.1 Å². The molecule has 2 rings (SSSR count). The quantitative estimate of drug-likeness (QED) is 0.554. The van der Waals surface area contributed by atoms with Crippen LogP contribution in [0.3, 0.4) is 0 Å². The first kappa shape index (κ1) is 18.3. The van der Waals surface area contributed by atoms with E-state index < -0.39 is 17.9 Å². The van der Waals surface area contributed by atoms with Gasteiger partial charge in [-0.15, -0.1) is 0 Å². The first-order valence-electron chi connectivity index (χ1n) is 7.33. The molecule has 0 saturated carbocycles. The molecule has 2 N–H and O–H groups in total. The van der Waals surface area contributed by atoms with Crippen molar-refractivity contribution in [2.45, 2.75) is 19.4 Å². The number of hydrogen-bond acceptors (Lipinski definition) is 6. The zero-order valence-corrected chi connectivity index (χ0v) is 14.4. The Hall–Kier alpha value is -2.06. The summed E-state index contributed by atoms with van der Waals surface area (Å²) >= 11 is 6.11. The number of benzene rings is 1. The van der Waals surface area contributed by atoms with Gasteiger partial charge >= 0.3 is 11.9 Å². The molecule has 0 saturated heterocycles. The molecular weight excluding hydrogens is 334 g/mol. The maximum Gasteiger partial charge on any atom is 0.309 e. The highest BCUT2D eigenvalue weighted by molar-refractivity contribution is 6.41. The van der Waals surface area contributed by atoms with Crippen LogP contribution in [0.5, 0.6) is 0 Å². The first-order valence-corrected chi connectivity index (χ1v) is 7.71. The van der Waals surface area contributed by atoms with Gasteiger partial charge in [0.1, 0.15) is 7.85 Å². The summed E-state index contributed by atoms with van der Waals surface area (Å²) in [7, 11) is 4.40. The van der Waals surface area contributed by atoms with Crippen molar-refractivity contribution in [1.29, 1.82) is 0 Å². The number of esters is 2. The van der Waals surface area contributed by atoms with Crippen molar-refractivity contribution >= 4 is 47.8 Å². The lowest BCUT2D eigenvalue weighted by Crippen LogP contribution is -2.24. The van der Waals surface area contributed by atoms with Crippen LogP contribution in [0.25, 0.3) is 10.9 Å². The number of halogens is 1. The number of aromatic nitrogens is 2. The van der Waals surface area contributed by atoms with Gasteiger partial charge < -0.3 is 14.6 Å². The standard InChI is InChI=1S/C15H18BClN2O5/c1-23-11(21)5-8(15(22)24-2)3-7-4-10(16)13-12(9(7)6-20)14(17)19-18-13/h4,8,20H,3,5-6,16H2,1-2H3,(H,18,19)/t8-/m0/s1. The summed E-state index contributed by atoms with van der Waals surface area (Å²) < 4.78 is 9.41. The minimum atomic E-state index is -0.713. The molecular formula is C15H18BClN2O5. The van der Waals surface area contributed by atoms with Gasteiger partial charge in [-0.2, -0.15) is 5.10 Å². The highest BCUT2D eigenvalue weighted by atomic mass is 35.5. The van der Waals surface area contributed by atoms with E-state index in [0.717, 1.165) is 11.0 Å². The van der Waals surface area contributed by atoms with Crippen LogP contribution in [-0.4, -0.2) is 49.3 Å². The van der Waals surface area contributed by atoms with Crippen LogP contribution in [0.15, 0.2) is 6.07 Å². The third-order valence-electron chi connectivity index (χ3n) is 4.00. The molecule has 1 heterocycles. The SMILES string of the molecule is Bc1cc(C[C@@H](CC(=O)OC)C(=O)OC)c(CO)c2c(Cl)n[nH]c12. The van der Waals surface area contributed by atoms with Gasteiger partial charge in [-0.25, -0.2) is 0 Å². The van der Waals surface area contributed by atoms with E-state index in [9.17, 15) is 14.7 Å². The summed E-state index contributed by atoms with van der Waals surface area (Å²) in [6, 6.07) is 1.84. The Morgan fingerprint density at radius 2 is 2.12 bits per heavy atom. The topological polar surface area (TPSA) is 102 Å². The number of rotatable bonds is 6. The summed E-state index contributed by atoms with van der Waals surface area (Å²) in [6.45, 7) is -0.266. The van der Waals surface area contributed by atoms with Gasteiger partial charge in [-0.3, -0.25) is 14.7 Å². The number of carbonyl (C=O) groups excluding carboxylic acids is 2. The molecule has 2 aromatic rings. The monoisotopic (exact) mass is 352 g/mol. The van der Waals surface area contributed by atoms with Crippen molar-refractivity contribution in [2.24, 2.45) is 5.92 Å². The second kappa shape index (κ2) is 7.68. The predicted molar refractivity (Wildman–Crippen MR) is 91.0 cm³/mol. The molecule has 0 radical (unpaired) electrons. The zero-order chi connectivity index (χ0) is 17.9. The predicted octanol–water partition coefficient (Wildman–Crippen LogP) is -0.138. The molecule has 0 aliphatic carbocycles. The van der Waals surface area contributed by atoms with E-state index in [4.69, 9.17) is 16.3 Å². The van der Waals surface area contributed by atoms with E-state index in [2.05, 4.69) is 14.9 Å². The van der Waals surface area contributed by atoms with Crippen molar-refractivity contribution in [2.75, 3.05) is 14.2 Å². The lowest BCUT2D eigenvalue weighted by Gasteiger charge is -2.17. The number of H-pyrrole nitrogens is 1. The molecule has 0 spiro atoms. The van der Waals surface area contributed by atoms with Crippen molar-refractivity contribution in [3.63, 3.8) is 0 Å². The minimum Gasteiger partial charge on any atom is -0.469 e. The molecule has 0 fully saturated rings. The molecule has 24 heavy (non-hydrogen) atoms. The van der Waals surface area contributed by atoms with Gasteiger partial charge in [0.15, 0.2) is 5.15 Å². The fourth-order valence-electron chi connectivity index (χ4n) is 2.78. The van der Waals surface area contributed by atoms with Gasteiger partial charge in [0.25, 0.3) is 0 Å². The number of nitrogens with zero attached hydrogens (tertiary/aromatic N) is 1. The van der Waals surface area contributed by atoms with E-state index in [1.54, 1.807) is 0 Å².